The maximum Gasteiger partial charge on any atom is 0.219 e. The molecule has 0 spiro atoms. The van der Waals surface area contributed by atoms with Gasteiger partial charge >= 0.3 is 0 Å². The summed E-state index contributed by atoms with van der Waals surface area (Å²) in [5.74, 6) is 0.279. The Hall–Kier alpha value is -3.28. The number of hydrogen-bond acceptors (Lipinski definition) is 4. The predicted octanol–water partition coefficient (Wildman–Crippen LogP) is 7.43. The molecule has 3 aromatic carbocycles. The molecule has 0 saturated heterocycles. The molecular formula is C28H26Cl2N2O3. The monoisotopic (exact) mass is 508 g/mol. The van der Waals surface area contributed by atoms with Gasteiger partial charge in [0.2, 0.25) is 5.91 Å². The molecule has 4 aromatic rings. The topological polar surface area (TPSA) is 71.5 Å². The van der Waals surface area contributed by atoms with E-state index >= 15 is 0 Å². The number of amides is 1. The number of hydrogen-bond donors (Lipinski definition) is 2. The van der Waals surface area contributed by atoms with E-state index in [1.807, 2.05) is 24.3 Å². The number of nitrogens with one attached hydrogen (secondary N) is 1. The van der Waals surface area contributed by atoms with Gasteiger partial charge in [0, 0.05) is 35.2 Å². The SMILES string of the molecule is CC(=O)NC(Oc1ccc(C(C)(C)C)cc1)c1cccc(-c2cc(Cl)c3cccnc3c2O)c1Cl. The van der Waals surface area contributed by atoms with Crippen molar-refractivity contribution in [3.63, 3.8) is 0 Å². The summed E-state index contributed by atoms with van der Waals surface area (Å²) in [6, 6.07) is 18.3. The van der Waals surface area contributed by atoms with Gasteiger partial charge in [-0.2, -0.15) is 0 Å². The highest BCUT2D eigenvalue weighted by atomic mass is 35.5. The van der Waals surface area contributed by atoms with Gasteiger partial charge in [-0.1, -0.05) is 74.3 Å². The second-order valence-corrected chi connectivity index (χ2v) is 10.1. The van der Waals surface area contributed by atoms with Crippen LogP contribution in [0.5, 0.6) is 11.5 Å². The molecule has 0 bridgehead atoms. The lowest BCUT2D eigenvalue weighted by Gasteiger charge is -2.24. The summed E-state index contributed by atoms with van der Waals surface area (Å²) in [4.78, 5) is 16.3. The largest absolute Gasteiger partial charge is 0.505 e. The number of carbonyl (C=O) groups excluding carboxylic acids is 1. The summed E-state index contributed by atoms with van der Waals surface area (Å²) in [6.45, 7) is 7.83. The normalized spacial score (nSPS) is 12.4. The molecule has 4 rings (SSSR count). The van der Waals surface area contributed by atoms with Crippen LogP contribution >= 0.6 is 23.2 Å². The Balaban J connectivity index is 1.76. The highest BCUT2D eigenvalue weighted by Crippen LogP contribution is 2.43. The number of benzene rings is 3. The van der Waals surface area contributed by atoms with Crippen LogP contribution in [-0.2, 0) is 10.2 Å². The van der Waals surface area contributed by atoms with E-state index in [9.17, 15) is 9.90 Å². The zero-order chi connectivity index (χ0) is 25.3. The van der Waals surface area contributed by atoms with Crippen molar-refractivity contribution in [2.45, 2.75) is 39.3 Å². The van der Waals surface area contributed by atoms with E-state index in [1.165, 1.54) is 12.5 Å². The number of aromatic nitrogens is 1. The number of ether oxygens (including phenoxy) is 1. The molecule has 0 aliphatic heterocycles. The van der Waals surface area contributed by atoms with E-state index in [0.717, 1.165) is 0 Å². The van der Waals surface area contributed by atoms with Crippen LogP contribution in [0, 0.1) is 0 Å². The number of phenolic OH excluding ortho intramolecular Hbond substituents is 1. The second-order valence-electron chi connectivity index (χ2n) is 9.34. The molecule has 0 fully saturated rings. The first-order chi connectivity index (χ1) is 16.6. The smallest absolute Gasteiger partial charge is 0.219 e. The highest BCUT2D eigenvalue weighted by molar-refractivity contribution is 6.37. The Kier molecular flexibility index (Phi) is 6.93. The minimum absolute atomic E-state index is 0.00515. The maximum absolute atomic E-state index is 12.0. The zero-order valence-corrected chi connectivity index (χ0v) is 21.4. The fraction of sp³-hybridized carbons (Fsp3) is 0.214. The summed E-state index contributed by atoms with van der Waals surface area (Å²) in [5.41, 5.74) is 3.06. The van der Waals surface area contributed by atoms with Crippen molar-refractivity contribution >= 4 is 40.0 Å². The molecule has 7 heteroatoms. The van der Waals surface area contributed by atoms with Crippen molar-refractivity contribution in [3.05, 3.63) is 88.0 Å². The molecule has 0 radical (unpaired) electrons. The van der Waals surface area contributed by atoms with Crippen LogP contribution in [0.15, 0.2) is 66.9 Å². The van der Waals surface area contributed by atoms with Crippen molar-refractivity contribution in [2.24, 2.45) is 0 Å². The minimum Gasteiger partial charge on any atom is -0.505 e. The lowest BCUT2D eigenvalue weighted by atomic mass is 9.87. The van der Waals surface area contributed by atoms with Gasteiger partial charge < -0.3 is 15.2 Å². The van der Waals surface area contributed by atoms with E-state index in [1.54, 1.807) is 42.6 Å². The minimum atomic E-state index is -0.850. The lowest BCUT2D eigenvalue weighted by Crippen LogP contribution is -2.30. The molecule has 1 atom stereocenters. The Morgan fingerprint density at radius 2 is 1.74 bits per heavy atom. The zero-order valence-electron chi connectivity index (χ0n) is 19.9. The van der Waals surface area contributed by atoms with Crippen LogP contribution in [-0.4, -0.2) is 16.0 Å². The van der Waals surface area contributed by atoms with Gasteiger partial charge in [-0.05, 0) is 41.3 Å². The van der Waals surface area contributed by atoms with E-state index in [-0.39, 0.29) is 17.1 Å². The van der Waals surface area contributed by atoms with Gasteiger partial charge in [0.15, 0.2) is 6.23 Å². The van der Waals surface area contributed by atoms with E-state index in [0.29, 0.717) is 43.4 Å². The van der Waals surface area contributed by atoms with E-state index < -0.39 is 6.23 Å². The number of phenols is 1. The molecule has 2 N–H and O–H groups in total. The molecule has 0 aliphatic rings. The summed E-state index contributed by atoms with van der Waals surface area (Å²) < 4.78 is 6.16. The van der Waals surface area contributed by atoms with E-state index in [4.69, 9.17) is 27.9 Å². The van der Waals surface area contributed by atoms with Crippen LogP contribution in [0.1, 0.15) is 45.0 Å². The number of fused-ring (bicyclic) bond motifs is 1. The molecule has 35 heavy (non-hydrogen) atoms. The number of aromatic hydroxyl groups is 1. The van der Waals surface area contributed by atoms with Gasteiger partial charge in [0.05, 0.1) is 10.0 Å². The summed E-state index contributed by atoms with van der Waals surface area (Å²) in [7, 11) is 0. The van der Waals surface area contributed by atoms with Crippen molar-refractivity contribution in [1.29, 1.82) is 0 Å². The first-order valence-corrected chi connectivity index (χ1v) is 11.9. The fourth-order valence-corrected chi connectivity index (χ4v) is 4.47. The second kappa shape index (κ2) is 9.76. The standard InChI is InChI=1S/C28H26Cl2N2O3/c1-16(33)32-27(35-18-12-10-17(11-13-18)28(2,3)4)21-8-5-7-19(24(21)30)22-15-23(29)20-9-6-14-31-25(20)26(22)34/h5-15,27,34H,1-4H3,(H,32,33). The molecule has 0 saturated carbocycles. The molecule has 0 aliphatic carbocycles. The molecular weight excluding hydrogens is 483 g/mol. The van der Waals surface area contributed by atoms with Crippen LogP contribution in [0.3, 0.4) is 0 Å². The average molecular weight is 509 g/mol. The summed E-state index contributed by atoms with van der Waals surface area (Å²) >= 11 is 13.3. The summed E-state index contributed by atoms with van der Waals surface area (Å²) in [5, 5.41) is 15.2. The molecule has 1 unspecified atom stereocenters. The maximum atomic E-state index is 12.0. The molecule has 5 nitrogen and oxygen atoms in total. The Bertz CT molecular complexity index is 1400. The van der Waals surface area contributed by atoms with Crippen LogP contribution in [0.25, 0.3) is 22.0 Å². The first kappa shape index (κ1) is 24.8. The van der Waals surface area contributed by atoms with Crippen molar-refractivity contribution in [3.8, 4) is 22.6 Å². The van der Waals surface area contributed by atoms with Gasteiger partial charge in [-0.3, -0.25) is 9.78 Å². The number of nitrogens with zero attached hydrogens (tertiary/aromatic N) is 1. The molecule has 1 aromatic heterocycles. The highest BCUT2D eigenvalue weighted by Gasteiger charge is 2.23. The van der Waals surface area contributed by atoms with Crippen LogP contribution < -0.4 is 10.1 Å². The third kappa shape index (κ3) is 5.21. The molecule has 180 valence electrons. The van der Waals surface area contributed by atoms with Gasteiger partial charge in [0.25, 0.3) is 0 Å². The van der Waals surface area contributed by atoms with Gasteiger partial charge in [0.1, 0.15) is 17.0 Å². The Morgan fingerprint density at radius 3 is 2.40 bits per heavy atom. The van der Waals surface area contributed by atoms with Crippen molar-refractivity contribution < 1.29 is 14.6 Å². The Labute approximate surface area is 214 Å². The molecule has 1 heterocycles. The quantitative estimate of drug-likeness (QED) is 0.275. The Morgan fingerprint density at radius 1 is 1.03 bits per heavy atom. The number of carbonyl (C=O) groups is 1. The van der Waals surface area contributed by atoms with Gasteiger partial charge in [-0.15, -0.1) is 0 Å². The van der Waals surface area contributed by atoms with E-state index in [2.05, 4.69) is 31.1 Å². The number of halogens is 2. The van der Waals surface area contributed by atoms with Crippen molar-refractivity contribution in [2.75, 3.05) is 0 Å². The molecule has 1 amide bonds. The third-order valence-electron chi connectivity index (χ3n) is 5.73. The van der Waals surface area contributed by atoms with Crippen LogP contribution in [0.4, 0.5) is 0 Å². The van der Waals surface area contributed by atoms with Crippen LogP contribution in [0.2, 0.25) is 10.0 Å². The lowest BCUT2D eigenvalue weighted by molar-refractivity contribution is -0.121. The first-order valence-electron chi connectivity index (χ1n) is 11.2. The van der Waals surface area contributed by atoms with Crippen molar-refractivity contribution in [1.82, 2.24) is 10.3 Å². The number of rotatable bonds is 5. The predicted molar refractivity (Wildman–Crippen MR) is 141 cm³/mol. The third-order valence-corrected chi connectivity index (χ3v) is 6.46. The fourth-order valence-electron chi connectivity index (χ4n) is 3.88. The average Bonchev–Trinajstić information content (AvgIpc) is 2.81. The number of pyridine rings is 1. The summed E-state index contributed by atoms with van der Waals surface area (Å²) in [6.07, 6.45) is 0.739. The van der Waals surface area contributed by atoms with Gasteiger partial charge in [-0.25, -0.2) is 0 Å².